The molecule has 0 saturated heterocycles. The topological polar surface area (TPSA) is 58.5 Å². The summed E-state index contributed by atoms with van der Waals surface area (Å²) in [5, 5.41) is 6.33. The minimum Gasteiger partial charge on any atom is -0.494 e. The zero-order chi connectivity index (χ0) is 17.0. The zero-order valence-corrected chi connectivity index (χ0v) is 13.8. The van der Waals surface area contributed by atoms with E-state index in [1.54, 1.807) is 12.3 Å². The normalized spacial score (nSPS) is 11.2. The largest absolute Gasteiger partial charge is 0.494 e. The molecule has 0 atom stereocenters. The van der Waals surface area contributed by atoms with Crippen molar-refractivity contribution in [2.24, 2.45) is 4.99 Å². The second-order valence-corrected chi connectivity index (χ2v) is 5.07. The van der Waals surface area contributed by atoms with E-state index >= 15 is 0 Å². The van der Waals surface area contributed by atoms with Crippen molar-refractivity contribution >= 4 is 5.96 Å². The van der Waals surface area contributed by atoms with Gasteiger partial charge in [0.25, 0.3) is 0 Å². The second-order valence-electron chi connectivity index (χ2n) is 5.07. The van der Waals surface area contributed by atoms with Gasteiger partial charge in [0.05, 0.1) is 18.8 Å². The Kier molecular flexibility index (Phi) is 7.53. The van der Waals surface area contributed by atoms with E-state index in [1.165, 1.54) is 6.07 Å². The molecule has 2 rings (SSSR count). The molecule has 0 unspecified atom stereocenters. The lowest BCUT2D eigenvalue weighted by Gasteiger charge is -2.11. The Morgan fingerprint density at radius 1 is 1.17 bits per heavy atom. The molecule has 128 valence electrons. The molecule has 0 fully saturated rings. The zero-order valence-electron chi connectivity index (χ0n) is 13.8. The van der Waals surface area contributed by atoms with Gasteiger partial charge in [0, 0.05) is 19.3 Å². The maximum atomic E-state index is 13.6. The number of hydrogen-bond acceptors (Lipinski definition) is 3. The molecular weight excluding hydrogens is 307 g/mol. The highest BCUT2D eigenvalue weighted by Gasteiger charge is 2.02. The van der Waals surface area contributed by atoms with Crippen LogP contribution in [0.5, 0.6) is 5.75 Å². The number of guanidine groups is 1. The van der Waals surface area contributed by atoms with E-state index in [9.17, 15) is 4.39 Å². The van der Waals surface area contributed by atoms with Gasteiger partial charge < -0.3 is 15.4 Å². The van der Waals surface area contributed by atoms with Gasteiger partial charge in [-0.15, -0.1) is 0 Å². The van der Waals surface area contributed by atoms with Gasteiger partial charge in [-0.05, 0) is 37.6 Å². The van der Waals surface area contributed by atoms with Crippen molar-refractivity contribution in [3.05, 3.63) is 60.2 Å². The number of ether oxygens (including phenoxy) is 1. The monoisotopic (exact) mass is 330 g/mol. The lowest BCUT2D eigenvalue weighted by Crippen LogP contribution is -2.38. The van der Waals surface area contributed by atoms with Crippen molar-refractivity contribution < 1.29 is 9.13 Å². The number of nitrogens with zero attached hydrogens (tertiary/aromatic N) is 2. The number of nitrogens with one attached hydrogen (secondary N) is 2. The van der Waals surface area contributed by atoms with Crippen LogP contribution in [-0.4, -0.2) is 30.6 Å². The van der Waals surface area contributed by atoms with E-state index in [-0.39, 0.29) is 12.4 Å². The minimum absolute atomic E-state index is 0.197. The SMILES string of the molecule is CCNC(=NCc1ncccc1F)NCCCOc1ccccc1. The molecule has 0 aliphatic carbocycles. The summed E-state index contributed by atoms with van der Waals surface area (Å²) in [6, 6.07) is 12.7. The first-order chi connectivity index (χ1) is 11.8. The van der Waals surface area contributed by atoms with E-state index in [4.69, 9.17) is 4.74 Å². The van der Waals surface area contributed by atoms with Gasteiger partial charge in [-0.25, -0.2) is 9.38 Å². The maximum absolute atomic E-state index is 13.6. The predicted molar refractivity (Wildman–Crippen MR) is 93.6 cm³/mol. The standard InChI is InChI=1S/C18H23FN4O/c1-2-20-18(23-14-17-16(19)10-6-11-21-17)22-12-7-13-24-15-8-4-3-5-9-15/h3-6,8-11H,2,7,12-14H2,1H3,(H2,20,22,23). The first-order valence-corrected chi connectivity index (χ1v) is 8.09. The third kappa shape index (κ3) is 6.24. The molecule has 0 aliphatic rings. The molecule has 0 amide bonds. The summed E-state index contributed by atoms with van der Waals surface area (Å²) < 4.78 is 19.2. The van der Waals surface area contributed by atoms with Crippen molar-refractivity contribution in [1.29, 1.82) is 0 Å². The fourth-order valence-electron chi connectivity index (χ4n) is 2.02. The number of halogens is 1. The Hall–Kier alpha value is -2.63. The highest BCUT2D eigenvalue weighted by atomic mass is 19.1. The summed E-state index contributed by atoms with van der Waals surface area (Å²) in [5.74, 6) is 1.17. The highest BCUT2D eigenvalue weighted by Crippen LogP contribution is 2.08. The van der Waals surface area contributed by atoms with Crippen LogP contribution in [0.15, 0.2) is 53.7 Å². The van der Waals surface area contributed by atoms with Gasteiger partial charge in [-0.3, -0.25) is 4.98 Å². The third-order valence-corrected chi connectivity index (χ3v) is 3.19. The third-order valence-electron chi connectivity index (χ3n) is 3.19. The fraction of sp³-hybridized carbons (Fsp3) is 0.333. The van der Waals surface area contributed by atoms with Crippen LogP contribution in [0.25, 0.3) is 0 Å². The van der Waals surface area contributed by atoms with E-state index in [0.717, 1.165) is 18.7 Å². The molecule has 2 N–H and O–H groups in total. The van der Waals surface area contributed by atoms with Gasteiger partial charge in [0.15, 0.2) is 5.96 Å². The molecule has 1 heterocycles. The number of para-hydroxylation sites is 1. The molecule has 0 spiro atoms. The van der Waals surface area contributed by atoms with Gasteiger partial charge in [-0.1, -0.05) is 18.2 Å². The van der Waals surface area contributed by atoms with Gasteiger partial charge in [0.1, 0.15) is 11.6 Å². The van der Waals surface area contributed by atoms with Crippen LogP contribution in [-0.2, 0) is 6.54 Å². The van der Waals surface area contributed by atoms with Crippen molar-refractivity contribution in [1.82, 2.24) is 15.6 Å². The summed E-state index contributed by atoms with van der Waals surface area (Å²) in [5.41, 5.74) is 0.335. The van der Waals surface area contributed by atoms with Crippen LogP contribution in [0.2, 0.25) is 0 Å². The molecule has 0 aliphatic heterocycles. The minimum atomic E-state index is -0.339. The molecule has 2 aromatic rings. The Balaban J connectivity index is 1.74. The number of aromatic nitrogens is 1. The number of rotatable bonds is 8. The number of hydrogen-bond donors (Lipinski definition) is 2. The fourth-order valence-corrected chi connectivity index (χ4v) is 2.02. The molecule has 1 aromatic heterocycles. The van der Waals surface area contributed by atoms with Gasteiger partial charge in [-0.2, -0.15) is 0 Å². The smallest absolute Gasteiger partial charge is 0.191 e. The summed E-state index contributed by atoms with van der Waals surface area (Å²) in [7, 11) is 0. The van der Waals surface area contributed by atoms with Gasteiger partial charge in [0.2, 0.25) is 0 Å². The summed E-state index contributed by atoms with van der Waals surface area (Å²) in [4.78, 5) is 8.35. The van der Waals surface area contributed by atoms with Crippen LogP contribution in [0.3, 0.4) is 0 Å². The van der Waals surface area contributed by atoms with Crippen LogP contribution in [0, 0.1) is 5.82 Å². The molecule has 24 heavy (non-hydrogen) atoms. The lowest BCUT2D eigenvalue weighted by molar-refractivity contribution is 0.311. The van der Waals surface area contributed by atoms with Crippen LogP contribution >= 0.6 is 0 Å². The molecular formula is C18H23FN4O. The predicted octanol–water partition coefficient (Wildman–Crippen LogP) is 2.74. The van der Waals surface area contributed by atoms with Crippen molar-refractivity contribution in [2.45, 2.75) is 19.9 Å². The van der Waals surface area contributed by atoms with Crippen molar-refractivity contribution in [3.8, 4) is 5.75 Å². The highest BCUT2D eigenvalue weighted by molar-refractivity contribution is 5.79. The maximum Gasteiger partial charge on any atom is 0.191 e. The average Bonchev–Trinajstić information content (AvgIpc) is 2.61. The first-order valence-electron chi connectivity index (χ1n) is 8.09. The molecule has 0 saturated carbocycles. The van der Waals surface area contributed by atoms with Crippen LogP contribution in [0.1, 0.15) is 19.0 Å². The van der Waals surface area contributed by atoms with Crippen LogP contribution in [0.4, 0.5) is 4.39 Å². The van der Waals surface area contributed by atoms with E-state index < -0.39 is 0 Å². The Morgan fingerprint density at radius 2 is 2.00 bits per heavy atom. The van der Waals surface area contributed by atoms with Crippen molar-refractivity contribution in [2.75, 3.05) is 19.7 Å². The summed E-state index contributed by atoms with van der Waals surface area (Å²) in [6.07, 6.45) is 2.40. The molecule has 6 heteroatoms. The molecule has 5 nitrogen and oxygen atoms in total. The Morgan fingerprint density at radius 3 is 2.75 bits per heavy atom. The quantitative estimate of drug-likeness (QED) is 0.444. The van der Waals surface area contributed by atoms with E-state index in [1.807, 2.05) is 37.3 Å². The van der Waals surface area contributed by atoms with E-state index in [0.29, 0.717) is 24.8 Å². The van der Waals surface area contributed by atoms with E-state index in [2.05, 4.69) is 20.6 Å². The molecule has 0 bridgehead atoms. The Labute approximate surface area is 142 Å². The van der Waals surface area contributed by atoms with Gasteiger partial charge >= 0.3 is 0 Å². The summed E-state index contributed by atoms with van der Waals surface area (Å²) >= 11 is 0. The second kappa shape index (κ2) is 10.2. The Bertz CT molecular complexity index is 634. The average molecular weight is 330 g/mol. The van der Waals surface area contributed by atoms with Crippen LogP contribution < -0.4 is 15.4 Å². The summed E-state index contributed by atoms with van der Waals surface area (Å²) in [6.45, 7) is 4.24. The number of aliphatic imine (C=N–C) groups is 1. The molecule has 1 aromatic carbocycles. The van der Waals surface area contributed by atoms with Crippen molar-refractivity contribution in [3.63, 3.8) is 0 Å². The number of pyridine rings is 1. The number of benzene rings is 1. The molecule has 0 radical (unpaired) electrons. The lowest BCUT2D eigenvalue weighted by atomic mass is 10.3. The first kappa shape index (κ1) is 17.7.